The van der Waals surface area contributed by atoms with Gasteiger partial charge in [-0.2, -0.15) is 0 Å². The largest absolute Gasteiger partial charge is 0.379 e. The summed E-state index contributed by atoms with van der Waals surface area (Å²) in [4.78, 5) is 16.4. The van der Waals surface area contributed by atoms with Crippen LogP contribution >= 0.6 is 0 Å². The third-order valence-corrected chi connectivity index (χ3v) is 7.35. The van der Waals surface area contributed by atoms with Crippen LogP contribution < -0.4 is 5.32 Å². The number of ether oxygens (including phenoxy) is 1. The lowest BCUT2D eigenvalue weighted by Gasteiger charge is -2.27. The second-order valence-corrected chi connectivity index (χ2v) is 10.7. The highest BCUT2D eigenvalue weighted by Crippen LogP contribution is 2.35. The summed E-state index contributed by atoms with van der Waals surface area (Å²) < 4.78 is 29.0. The molecule has 3 heterocycles. The van der Waals surface area contributed by atoms with Gasteiger partial charge in [0.05, 0.1) is 35.9 Å². The average molecular weight is 478 g/mol. The van der Waals surface area contributed by atoms with Crippen LogP contribution in [0.15, 0.2) is 58.5 Å². The van der Waals surface area contributed by atoms with Crippen LogP contribution in [0.1, 0.15) is 28.3 Å². The van der Waals surface area contributed by atoms with E-state index in [1.165, 1.54) is 17.4 Å². The molecule has 3 aromatic rings. The zero-order chi connectivity index (χ0) is 23.7. The second-order valence-electron chi connectivity index (χ2n) is 8.72. The van der Waals surface area contributed by atoms with Gasteiger partial charge >= 0.3 is 0 Å². The van der Waals surface area contributed by atoms with Crippen LogP contribution in [0.4, 0.5) is 17.3 Å². The summed E-state index contributed by atoms with van der Waals surface area (Å²) in [5, 5.41) is 3.34. The molecular formula is C25H27N5O3S. The molecular weight excluding hydrogens is 450 g/mol. The van der Waals surface area contributed by atoms with Crippen LogP contribution in [-0.4, -0.2) is 62.1 Å². The normalized spacial score (nSPS) is 18.1. The Hall–Kier alpha value is -3.14. The zero-order valence-electron chi connectivity index (χ0n) is 19.2. The van der Waals surface area contributed by atoms with E-state index in [-0.39, 0.29) is 5.92 Å². The first-order chi connectivity index (χ1) is 16.4. The van der Waals surface area contributed by atoms with E-state index in [1.54, 1.807) is 18.3 Å². The number of sulfone groups is 1. The Bertz CT molecular complexity index is 1330. The van der Waals surface area contributed by atoms with Crippen molar-refractivity contribution in [3.63, 3.8) is 0 Å². The molecule has 0 saturated carbocycles. The van der Waals surface area contributed by atoms with Gasteiger partial charge in [-0.1, -0.05) is 18.2 Å². The molecule has 1 unspecified atom stereocenters. The average Bonchev–Trinajstić information content (AvgIpc) is 3.25. The van der Waals surface area contributed by atoms with E-state index in [1.807, 2.05) is 24.4 Å². The van der Waals surface area contributed by atoms with E-state index in [4.69, 9.17) is 9.72 Å². The maximum atomic E-state index is 11.8. The van der Waals surface area contributed by atoms with Crippen molar-refractivity contribution in [1.29, 1.82) is 0 Å². The number of anilines is 2. The first kappa shape index (κ1) is 22.6. The summed E-state index contributed by atoms with van der Waals surface area (Å²) in [7, 11) is -3.24. The highest BCUT2D eigenvalue weighted by atomic mass is 32.2. The Balaban J connectivity index is 1.35. The van der Waals surface area contributed by atoms with Crippen molar-refractivity contribution in [1.82, 2.24) is 14.9 Å². The van der Waals surface area contributed by atoms with E-state index in [2.05, 4.69) is 39.2 Å². The number of rotatable bonds is 6. The van der Waals surface area contributed by atoms with E-state index >= 15 is 0 Å². The lowest BCUT2D eigenvalue weighted by Crippen LogP contribution is -2.35. The number of aliphatic imine (C=N–C) groups is 1. The molecule has 0 spiro atoms. The van der Waals surface area contributed by atoms with Crippen LogP contribution in [0.2, 0.25) is 0 Å². The Morgan fingerprint density at radius 3 is 2.62 bits per heavy atom. The number of benzene rings is 2. The van der Waals surface area contributed by atoms with Gasteiger partial charge in [0.2, 0.25) is 5.95 Å². The minimum atomic E-state index is -3.24. The van der Waals surface area contributed by atoms with Gasteiger partial charge in [-0.25, -0.2) is 18.4 Å². The number of morpholine rings is 1. The highest BCUT2D eigenvalue weighted by molar-refractivity contribution is 7.90. The molecule has 2 aromatic carbocycles. The number of hydrogen-bond acceptors (Lipinski definition) is 8. The number of hydrogen-bond donors (Lipinski definition) is 1. The zero-order valence-corrected chi connectivity index (χ0v) is 20.0. The number of fused-ring (bicyclic) bond motifs is 1. The number of aryl methyl sites for hydroxylation is 1. The van der Waals surface area contributed by atoms with Gasteiger partial charge in [0, 0.05) is 37.8 Å². The molecule has 1 N–H and O–H groups in total. The summed E-state index contributed by atoms with van der Waals surface area (Å²) in [6.45, 7) is 6.45. The Morgan fingerprint density at radius 1 is 1.12 bits per heavy atom. The Kier molecular flexibility index (Phi) is 6.16. The fourth-order valence-corrected chi connectivity index (χ4v) is 4.85. The molecule has 1 aromatic heterocycles. The molecule has 0 bridgehead atoms. The molecule has 8 nitrogen and oxygen atoms in total. The molecule has 5 rings (SSSR count). The predicted molar refractivity (Wildman–Crippen MR) is 132 cm³/mol. The minimum absolute atomic E-state index is 0.151. The standard InChI is InChI=1S/C25H27N5O3S/c1-17-3-6-20(13-19(17)16-30-9-11-33-12-10-30)28-25-27-15-23-24(29-25)22(14-26-23)18-4-7-21(8-5-18)34(2,31)32/h3-8,13-15,22H,9-12,16H2,1-2H3,(H,27,28,29). The molecule has 1 saturated heterocycles. The summed E-state index contributed by atoms with van der Waals surface area (Å²) in [6.07, 6.45) is 4.75. The first-order valence-electron chi connectivity index (χ1n) is 11.2. The van der Waals surface area contributed by atoms with Gasteiger partial charge in [0.15, 0.2) is 9.84 Å². The van der Waals surface area contributed by atoms with Crippen LogP contribution in [0, 0.1) is 6.92 Å². The lowest BCUT2D eigenvalue weighted by molar-refractivity contribution is 0.0341. The second kappa shape index (κ2) is 9.25. The summed E-state index contributed by atoms with van der Waals surface area (Å²) in [6, 6.07) is 13.2. The number of aromatic nitrogens is 2. The van der Waals surface area contributed by atoms with Gasteiger partial charge < -0.3 is 10.1 Å². The van der Waals surface area contributed by atoms with Crippen molar-refractivity contribution in [2.45, 2.75) is 24.3 Å². The number of nitrogens with zero attached hydrogens (tertiary/aromatic N) is 4. The van der Waals surface area contributed by atoms with E-state index in [9.17, 15) is 8.42 Å². The van der Waals surface area contributed by atoms with Crippen molar-refractivity contribution in [2.75, 3.05) is 37.9 Å². The van der Waals surface area contributed by atoms with Gasteiger partial charge in [-0.05, 0) is 47.9 Å². The van der Waals surface area contributed by atoms with Crippen LogP contribution in [0.3, 0.4) is 0 Å². The molecule has 1 fully saturated rings. The maximum absolute atomic E-state index is 11.8. The van der Waals surface area contributed by atoms with E-state index in [0.29, 0.717) is 10.8 Å². The van der Waals surface area contributed by atoms with Crippen LogP contribution in [0.25, 0.3) is 0 Å². The highest BCUT2D eigenvalue weighted by Gasteiger charge is 2.24. The van der Waals surface area contributed by atoms with Crippen molar-refractivity contribution >= 4 is 33.4 Å². The monoisotopic (exact) mass is 477 g/mol. The smallest absolute Gasteiger partial charge is 0.227 e. The topological polar surface area (TPSA) is 96.8 Å². The molecule has 0 radical (unpaired) electrons. The third kappa shape index (κ3) is 4.86. The van der Waals surface area contributed by atoms with Gasteiger partial charge in [0.25, 0.3) is 0 Å². The Morgan fingerprint density at radius 2 is 1.88 bits per heavy atom. The van der Waals surface area contributed by atoms with Gasteiger partial charge in [-0.3, -0.25) is 9.89 Å². The van der Waals surface area contributed by atoms with Crippen LogP contribution in [0.5, 0.6) is 0 Å². The maximum Gasteiger partial charge on any atom is 0.227 e. The molecule has 176 valence electrons. The predicted octanol–water partition coefficient (Wildman–Crippen LogP) is 3.61. The SMILES string of the molecule is Cc1ccc(Nc2ncc3c(n2)C(c2ccc(S(C)(=O)=O)cc2)C=N3)cc1CN1CCOCC1. The number of nitrogens with one attached hydrogen (secondary N) is 1. The van der Waals surface area contributed by atoms with Gasteiger partial charge in [0.1, 0.15) is 5.69 Å². The molecule has 1 atom stereocenters. The third-order valence-electron chi connectivity index (χ3n) is 6.23. The summed E-state index contributed by atoms with van der Waals surface area (Å²) in [5.74, 6) is 0.352. The molecule has 2 aliphatic rings. The summed E-state index contributed by atoms with van der Waals surface area (Å²) in [5.41, 5.74) is 5.90. The lowest BCUT2D eigenvalue weighted by atomic mass is 9.98. The molecule has 9 heteroatoms. The molecule has 0 aliphatic carbocycles. The fraction of sp³-hybridized carbons (Fsp3) is 0.320. The Labute approximate surface area is 199 Å². The summed E-state index contributed by atoms with van der Waals surface area (Å²) >= 11 is 0. The first-order valence-corrected chi connectivity index (χ1v) is 13.1. The fourth-order valence-electron chi connectivity index (χ4n) is 4.22. The molecule has 2 aliphatic heterocycles. The van der Waals surface area contributed by atoms with Crippen LogP contribution in [-0.2, 0) is 21.1 Å². The van der Waals surface area contributed by atoms with Crippen molar-refractivity contribution in [3.8, 4) is 0 Å². The van der Waals surface area contributed by atoms with Crippen molar-refractivity contribution in [2.24, 2.45) is 4.99 Å². The van der Waals surface area contributed by atoms with E-state index in [0.717, 1.165) is 55.5 Å². The molecule has 34 heavy (non-hydrogen) atoms. The van der Waals surface area contributed by atoms with E-state index < -0.39 is 9.84 Å². The quantitative estimate of drug-likeness (QED) is 0.579. The minimum Gasteiger partial charge on any atom is -0.379 e. The van der Waals surface area contributed by atoms with Crippen molar-refractivity contribution < 1.29 is 13.2 Å². The van der Waals surface area contributed by atoms with Crippen molar-refractivity contribution in [3.05, 3.63) is 71.0 Å². The molecule has 0 amide bonds. The van der Waals surface area contributed by atoms with Gasteiger partial charge in [-0.15, -0.1) is 0 Å².